The van der Waals surface area contributed by atoms with Gasteiger partial charge in [-0.2, -0.15) is 0 Å². The molecule has 0 bridgehead atoms. The Bertz CT molecular complexity index is 484. The van der Waals surface area contributed by atoms with Gasteiger partial charge in [-0.05, 0) is 25.0 Å². The van der Waals surface area contributed by atoms with Gasteiger partial charge in [-0.1, -0.05) is 12.8 Å². The van der Waals surface area contributed by atoms with Crippen LogP contribution >= 0.6 is 0 Å². The molecule has 1 amide bonds. The first-order valence-electron chi connectivity index (χ1n) is 7.19. The number of hydrogen-bond donors (Lipinski definition) is 0. The molecule has 0 atom stereocenters. The Kier molecular flexibility index (Phi) is 4.94. The fourth-order valence-corrected chi connectivity index (χ4v) is 2.87. The van der Waals surface area contributed by atoms with E-state index in [2.05, 4.69) is 0 Å². The summed E-state index contributed by atoms with van der Waals surface area (Å²) >= 11 is 0. The number of carbonyl (C=O) groups is 1. The molecule has 0 heterocycles. The molecule has 1 aliphatic carbocycles. The van der Waals surface area contributed by atoms with Gasteiger partial charge in [-0.15, -0.1) is 0 Å². The monoisotopic (exact) mass is 293 g/mol. The second kappa shape index (κ2) is 6.70. The zero-order chi connectivity index (χ0) is 15.4. The van der Waals surface area contributed by atoms with Gasteiger partial charge in [0.05, 0.1) is 21.3 Å². The van der Waals surface area contributed by atoms with Crippen molar-refractivity contribution >= 4 is 5.91 Å². The summed E-state index contributed by atoms with van der Waals surface area (Å²) in [6, 6.07) is 3.74. The van der Waals surface area contributed by atoms with Gasteiger partial charge in [0.15, 0.2) is 11.5 Å². The van der Waals surface area contributed by atoms with Gasteiger partial charge in [-0.3, -0.25) is 4.79 Å². The Morgan fingerprint density at radius 1 is 1.05 bits per heavy atom. The molecule has 2 rings (SSSR count). The van der Waals surface area contributed by atoms with Crippen molar-refractivity contribution in [3.8, 4) is 17.2 Å². The maximum absolute atomic E-state index is 12.6. The van der Waals surface area contributed by atoms with Gasteiger partial charge in [0, 0.05) is 18.7 Å². The number of rotatable bonds is 5. The lowest BCUT2D eigenvalue weighted by Crippen LogP contribution is -2.35. The van der Waals surface area contributed by atoms with Gasteiger partial charge < -0.3 is 19.1 Å². The molecule has 1 aromatic carbocycles. The minimum atomic E-state index is -0.0128. The average Bonchev–Trinajstić information content (AvgIpc) is 3.06. The third-order valence-corrected chi connectivity index (χ3v) is 4.10. The summed E-state index contributed by atoms with van der Waals surface area (Å²) in [6.07, 6.45) is 4.54. The van der Waals surface area contributed by atoms with Crippen LogP contribution in [-0.2, 0) is 0 Å². The molecule has 21 heavy (non-hydrogen) atoms. The van der Waals surface area contributed by atoms with E-state index in [0.717, 1.165) is 12.8 Å². The first-order chi connectivity index (χ1) is 10.1. The molecule has 1 aromatic rings. The van der Waals surface area contributed by atoms with Crippen molar-refractivity contribution in [2.45, 2.75) is 31.7 Å². The van der Waals surface area contributed by atoms with E-state index in [-0.39, 0.29) is 5.91 Å². The van der Waals surface area contributed by atoms with Crippen molar-refractivity contribution in [1.82, 2.24) is 4.90 Å². The Labute approximate surface area is 125 Å². The molecule has 1 saturated carbocycles. The van der Waals surface area contributed by atoms with Crippen LogP contribution in [0.25, 0.3) is 0 Å². The summed E-state index contributed by atoms with van der Waals surface area (Å²) in [7, 11) is 6.51. The van der Waals surface area contributed by atoms with Crippen LogP contribution in [0.5, 0.6) is 17.2 Å². The SMILES string of the molecule is COc1cc(C(=O)N(C)C2CCCC2)cc(OC)c1OC. The van der Waals surface area contributed by atoms with Crippen LogP contribution in [0.15, 0.2) is 12.1 Å². The van der Waals surface area contributed by atoms with Crippen molar-refractivity contribution in [2.75, 3.05) is 28.4 Å². The molecule has 0 radical (unpaired) electrons. The van der Waals surface area contributed by atoms with Gasteiger partial charge >= 0.3 is 0 Å². The second-order valence-corrected chi connectivity index (χ2v) is 5.27. The number of methoxy groups -OCH3 is 3. The summed E-state index contributed by atoms with van der Waals surface area (Å²) in [6.45, 7) is 0. The van der Waals surface area contributed by atoms with Crippen LogP contribution < -0.4 is 14.2 Å². The van der Waals surface area contributed by atoms with Gasteiger partial charge in [0.25, 0.3) is 5.91 Å². The van der Waals surface area contributed by atoms with E-state index in [0.29, 0.717) is 28.9 Å². The van der Waals surface area contributed by atoms with Crippen molar-refractivity contribution in [3.63, 3.8) is 0 Å². The molecule has 1 aliphatic rings. The summed E-state index contributed by atoms with van der Waals surface area (Å²) in [5.41, 5.74) is 0.555. The molecule has 0 N–H and O–H groups in total. The van der Waals surface area contributed by atoms with Crippen molar-refractivity contribution in [1.29, 1.82) is 0 Å². The van der Waals surface area contributed by atoms with E-state index >= 15 is 0 Å². The maximum Gasteiger partial charge on any atom is 0.254 e. The highest BCUT2D eigenvalue weighted by atomic mass is 16.5. The normalized spacial score (nSPS) is 14.9. The lowest BCUT2D eigenvalue weighted by molar-refractivity contribution is 0.0734. The van der Waals surface area contributed by atoms with Crippen LogP contribution in [0.3, 0.4) is 0 Å². The lowest BCUT2D eigenvalue weighted by atomic mass is 10.1. The largest absolute Gasteiger partial charge is 0.493 e. The zero-order valence-corrected chi connectivity index (χ0v) is 13.1. The Morgan fingerprint density at radius 2 is 1.57 bits per heavy atom. The quantitative estimate of drug-likeness (QED) is 0.837. The van der Waals surface area contributed by atoms with Crippen LogP contribution in [0.1, 0.15) is 36.0 Å². The minimum absolute atomic E-state index is 0.0128. The molecular weight excluding hydrogens is 270 g/mol. The standard InChI is InChI=1S/C16H23NO4/c1-17(12-7-5-6-8-12)16(18)11-9-13(19-2)15(21-4)14(10-11)20-3/h9-10,12H,5-8H2,1-4H3. The number of benzene rings is 1. The predicted octanol–water partition coefficient (Wildman–Crippen LogP) is 2.73. The first-order valence-corrected chi connectivity index (χ1v) is 7.19. The van der Waals surface area contributed by atoms with Crippen LogP contribution in [0.4, 0.5) is 0 Å². The van der Waals surface area contributed by atoms with Crippen LogP contribution in [0.2, 0.25) is 0 Å². The number of nitrogens with zero attached hydrogens (tertiary/aromatic N) is 1. The number of ether oxygens (including phenoxy) is 3. The third kappa shape index (κ3) is 3.06. The lowest BCUT2D eigenvalue weighted by Gasteiger charge is -2.25. The zero-order valence-electron chi connectivity index (χ0n) is 13.1. The first kappa shape index (κ1) is 15.5. The van der Waals surface area contributed by atoms with Crippen LogP contribution in [-0.4, -0.2) is 45.2 Å². The molecule has 5 heteroatoms. The van der Waals surface area contributed by atoms with Gasteiger partial charge in [-0.25, -0.2) is 0 Å². The molecule has 5 nitrogen and oxygen atoms in total. The summed E-state index contributed by atoms with van der Waals surface area (Å²) in [4.78, 5) is 14.5. The fraction of sp³-hybridized carbons (Fsp3) is 0.562. The highest BCUT2D eigenvalue weighted by molar-refractivity contribution is 5.95. The highest BCUT2D eigenvalue weighted by Crippen LogP contribution is 2.38. The third-order valence-electron chi connectivity index (χ3n) is 4.10. The van der Waals surface area contributed by atoms with Crippen molar-refractivity contribution in [3.05, 3.63) is 17.7 Å². The molecular formula is C16H23NO4. The number of amides is 1. The average molecular weight is 293 g/mol. The molecule has 0 aliphatic heterocycles. The summed E-state index contributed by atoms with van der Waals surface area (Å²) in [5.74, 6) is 1.49. The molecule has 0 spiro atoms. The van der Waals surface area contributed by atoms with Gasteiger partial charge in [0.1, 0.15) is 0 Å². The molecule has 0 saturated heterocycles. The number of hydrogen-bond acceptors (Lipinski definition) is 4. The predicted molar refractivity (Wildman–Crippen MR) is 80.4 cm³/mol. The Balaban J connectivity index is 2.32. The summed E-state index contributed by atoms with van der Waals surface area (Å²) in [5, 5.41) is 0. The van der Waals surface area contributed by atoms with E-state index in [1.54, 1.807) is 33.5 Å². The van der Waals surface area contributed by atoms with E-state index in [9.17, 15) is 4.79 Å². The van der Waals surface area contributed by atoms with E-state index in [4.69, 9.17) is 14.2 Å². The van der Waals surface area contributed by atoms with Crippen molar-refractivity contribution in [2.24, 2.45) is 0 Å². The van der Waals surface area contributed by atoms with Gasteiger partial charge in [0.2, 0.25) is 5.75 Å². The second-order valence-electron chi connectivity index (χ2n) is 5.27. The number of carbonyl (C=O) groups excluding carboxylic acids is 1. The van der Waals surface area contributed by atoms with Crippen LogP contribution in [0, 0.1) is 0 Å². The highest BCUT2D eigenvalue weighted by Gasteiger charge is 2.26. The van der Waals surface area contributed by atoms with E-state index < -0.39 is 0 Å². The molecule has 0 unspecified atom stereocenters. The fourth-order valence-electron chi connectivity index (χ4n) is 2.87. The van der Waals surface area contributed by atoms with Crippen molar-refractivity contribution < 1.29 is 19.0 Å². The Morgan fingerprint density at radius 3 is 2.00 bits per heavy atom. The Hall–Kier alpha value is -1.91. The molecule has 1 fully saturated rings. The molecule has 116 valence electrons. The smallest absolute Gasteiger partial charge is 0.254 e. The minimum Gasteiger partial charge on any atom is -0.493 e. The van der Waals surface area contributed by atoms with E-state index in [1.807, 2.05) is 11.9 Å². The molecule has 0 aromatic heterocycles. The van der Waals surface area contributed by atoms with E-state index in [1.165, 1.54) is 12.8 Å². The topological polar surface area (TPSA) is 48.0 Å². The summed E-state index contributed by atoms with van der Waals surface area (Å²) < 4.78 is 15.9. The maximum atomic E-state index is 12.6.